The van der Waals surface area contributed by atoms with E-state index in [9.17, 15) is 22.8 Å². The van der Waals surface area contributed by atoms with Crippen LogP contribution in [0.25, 0.3) is 0 Å². The van der Waals surface area contributed by atoms with Crippen LogP contribution in [0, 0.1) is 0 Å². The molecule has 110 valence electrons. The second-order valence-corrected chi connectivity index (χ2v) is 4.06. The number of alkyl halides is 3. The van der Waals surface area contributed by atoms with E-state index in [0.29, 0.717) is 0 Å². The number of anilines is 1. The number of carbonyl (C=O) groups is 2. The van der Waals surface area contributed by atoms with Gasteiger partial charge >= 0.3 is 18.2 Å². The number of amides is 2. The minimum atomic E-state index is -4.36. The van der Waals surface area contributed by atoms with Gasteiger partial charge in [-0.2, -0.15) is 13.2 Å². The van der Waals surface area contributed by atoms with Crippen molar-refractivity contribution in [3.63, 3.8) is 0 Å². The van der Waals surface area contributed by atoms with Crippen LogP contribution in [0.3, 0.4) is 0 Å². The lowest BCUT2D eigenvalue weighted by molar-refractivity contribution is -0.138. The lowest BCUT2D eigenvalue weighted by Gasteiger charge is -2.16. The van der Waals surface area contributed by atoms with Crippen molar-refractivity contribution in [3.05, 3.63) is 24.0 Å². The Balaban J connectivity index is 2.52. The number of pyridine rings is 1. The first-order valence-corrected chi connectivity index (χ1v) is 5.51. The molecule has 0 bridgehead atoms. The zero-order valence-electron chi connectivity index (χ0n) is 10.4. The Morgan fingerprint density at radius 3 is 2.50 bits per heavy atom. The van der Waals surface area contributed by atoms with Gasteiger partial charge in [0.1, 0.15) is 5.69 Å². The van der Waals surface area contributed by atoms with E-state index in [1.54, 1.807) is 0 Å². The van der Waals surface area contributed by atoms with Gasteiger partial charge in [-0.15, -0.1) is 0 Å². The van der Waals surface area contributed by atoms with Gasteiger partial charge in [-0.25, -0.2) is 14.6 Å². The summed E-state index contributed by atoms with van der Waals surface area (Å²) in [7, 11) is 0. The number of hydrogen-bond donors (Lipinski definition) is 3. The Hall–Kier alpha value is -2.32. The second-order valence-electron chi connectivity index (χ2n) is 4.06. The molecule has 1 aromatic rings. The summed E-state index contributed by atoms with van der Waals surface area (Å²) in [6.07, 6.45) is -4.41. The largest absolute Gasteiger partial charge is 0.477 e. The Bertz CT molecular complexity index is 488. The van der Waals surface area contributed by atoms with Crippen molar-refractivity contribution in [1.82, 2.24) is 10.3 Å². The molecule has 0 aliphatic heterocycles. The molecule has 1 atom stereocenters. The number of carbonyl (C=O) groups excluding carboxylic acids is 1. The highest BCUT2D eigenvalue weighted by Gasteiger charge is 2.30. The van der Waals surface area contributed by atoms with Gasteiger partial charge in [-0.05, 0) is 19.1 Å². The van der Waals surface area contributed by atoms with Gasteiger partial charge in [0, 0.05) is 6.04 Å². The highest BCUT2D eigenvalue weighted by atomic mass is 19.4. The Kier molecular flexibility index (Phi) is 4.89. The first kappa shape index (κ1) is 15.7. The predicted octanol–water partition coefficient (Wildman–Crippen LogP) is 2.24. The fraction of sp³-hybridized carbons (Fsp3) is 0.364. The molecular formula is C11H12F3N3O3. The number of halogens is 3. The summed E-state index contributed by atoms with van der Waals surface area (Å²) in [4.78, 5) is 25.5. The molecule has 0 spiro atoms. The predicted molar refractivity (Wildman–Crippen MR) is 63.5 cm³/mol. The minimum absolute atomic E-state index is 0.173. The third kappa shape index (κ3) is 5.55. The summed E-state index contributed by atoms with van der Waals surface area (Å²) in [6.45, 7) is 1.22. The Labute approximate surface area is 112 Å². The molecule has 0 fully saturated rings. The maximum Gasteiger partial charge on any atom is 0.391 e. The van der Waals surface area contributed by atoms with Crippen molar-refractivity contribution in [2.75, 3.05) is 5.32 Å². The number of carboxylic acids is 1. The standard InChI is InChI=1S/C11H12F3N3O3/c1-6(4-11(12,13)14)16-10(20)17-7-2-3-8(9(18)19)15-5-7/h2-3,5-6H,4H2,1H3,(H,18,19)(H2,16,17,20). The van der Waals surface area contributed by atoms with Crippen LogP contribution in [0.5, 0.6) is 0 Å². The molecule has 0 saturated carbocycles. The Morgan fingerprint density at radius 2 is 2.05 bits per heavy atom. The van der Waals surface area contributed by atoms with E-state index in [1.807, 2.05) is 0 Å². The van der Waals surface area contributed by atoms with E-state index in [-0.39, 0.29) is 11.4 Å². The highest BCUT2D eigenvalue weighted by molar-refractivity contribution is 5.90. The molecule has 0 aromatic carbocycles. The third-order valence-corrected chi connectivity index (χ3v) is 2.16. The van der Waals surface area contributed by atoms with Gasteiger partial charge in [0.25, 0.3) is 0 Å². The molecule has 0 saturated heterocycles. The normalized spacial score (nSPS) is 12.6. The zero-order chi connectivity index (χ0) is 15.3. The maximum atomic E-state index is 12.1. The molecule has 0 aliphatic rings. The summed E-state index contributed by atoms with van der Waals surface area (Å²) in [5.41, 5.74) is -0.0342. The first-order chi connectivity index (χ1) is 9.17. The highest BCUT2D eigenvalue weighted by Crippen LogP contribution is 2.21. The van der Waals surface area contributed by atoms with Crippen molar-refractivity contribution in [1.29, 1.82) is 0 Å². The second kappa shape index (κ2) is 6.22. The van der Waals surface area contributed by atoms with E-state index in [1.165, 1.54) is 13.0 Å². The van der Waals surface area contributed by atoms with E-state index in [4.69, 9.17) is 5.11 Å². The van der Waals surface area contributed by atoms with Gasteiger partial charge in [0.2, 0.25) is 0 Å². The van der Waals surface area contributed by atoms with Crippen LogP contribution in [0.4, 0.5) is 23.7 Å². The van der Waals surface area contributed by atoms with Gasteiger partial charge in [0.05, 0.1) is 18.3 Å². The van der Waals surface area contributed by atoms with E-state index in [2.05, 4.69) is 15.6 Å². The van der Waals surface area contributed by atoms with Crippen LogP contribution >= 0.6 is 0 Å². The fourth-order valence-electron chi connectivity index (χ4n) is 1.38. The SMILES string of the molecule is CC(CC(F)(F)F)NC(=O)Nc1ccc(C(=O)O)nc1. The molecule has 1 aromatic heterocycles. The molecule has 2 amide bonds. The molecule has 1 heterocycles. The van der Waals surface area contributed by atoms with Crippen molar-refractivity contribution < 1.29 is 27.9 Å². The van der Waals surface area contributed by atoms with E-state index >= 15 is 0 Å². The quantitative estimate of drug-likeness (QED) is 0.793. The van der Waals surface area contributed by atoms with Crippen molar-refractivity contribution in [3.8, 4) is 0 Å². The maximum absolute atomic E-state index is 12.1. The van der Waals surface area contributed by atoms with Crippen LogP contribution in [-0.4, -0.2) is 34.3 Å². The van der Waals surface area contributed by atoms with Crippen molar-refractivity contribution >= 4 is 17.7 Å². The van der Waals surface area contributed by atoms with Gasteiger partial charge in [-0.1, -0.05) is 0 Å². The van der Waals surface area contributed by atoms with Crippen LogP contribution in [0.2, 0.25) is 0 Å². The van der Waals surface area contributed by atoms with Crippen LogP contribution in [0.1, 0.15) is 23.8 Å². The Morgan fingerprint density at radius 1 is 1.40 bits per heavy atom. The molecule has 9 heteroatoms. The van der Waals surface area contributed by atoms with Crippen LogP contribution in [-0.2, 0) is 0 Å². The summed E-state index contributed by atoms with van der Waals surface area (Å²) in [5, 5.41) is 13.0. The first-order valence-electron chi connectivity index (χ1n) is 5.51. The lowest BCUT2D eigenvalue weighted by Crippen LogP contribution is -2.38. The molecule has 3 N–H and O–H groups in total. The van der Waals surface area contributed by atoms with Gasteiger partial charge < -0.3 is 15.7 Å². The number of nitrogens with zero attached hydrogens (tertiary/aromatic N) is 1. The number of hydrogen-bond acceptors (Lipinski definition) is 3. The number of nitrogens with one attached hydrogen (secondary N) is 2. The molecular weight excluding hydrogens is 279 g/mol. The number of rotatable bonds is 4. The number of carboxylic acid groups (broad SMARTS) is 1. The number of aromatic nitrogens is 1. The molecule has 1 rings (SSSR count). The third-order valence-electron chi connectivity index (χ3n) is 2.16. The molecule has 6 nitrogen and oxygen atoms in total. The molecule has 20 heavy (non-hydrogen) atoms. The van der Waals surface area contributed by atoms with E-state index in [0.717, 1.165) is 12.3 Å². The lowest BCUT2D eigenvalue weighted by atomic mass is 10.2. The molecule has 0 radical (unpaired) electrons. The molecule has 0 aliphatic carbocycles. The van der Waals surface area contributed by atoms with Crippen molar-refractivity contribution in [2.24, 2.45) is 0 Å². The summed E-state index contributed by atoms with van der Waals surface area (Å²) in [6, 6.07) is 0.537. The summed E-state index contributed by atoms with van der Waals surface area (Å²) in [5.74, 6) is -1.22. The summed E-state index contributed by atoms with van der Waals surface area (Å²) >= 11 is 0. The van der Waals surface area contributed by atoms with E-state index < -0.39 is 30.6 Å². The topological polar surface area (TPSA) is 91.3 Å². The fourth-order valence-corrected chi connectivity index (χ4v) is 1.38. The van der Waals surface area contributed by atoms with Crippen LogP contribution < -0.4 is 10.6 Å². The summed E-state index contributed by atoms with van der Waals surface area (Å²) < 4.78 is 36.2. The smallest absolute Gasteiger partial charge is 0.391 e. The average Bonchev–Trinajstić information content (AvgIpc) is 2.26. The van der Waals surface area contributed by atoms with Crippen molar-refractivity contribution in [2.45, 2.75) is 25.6 Å². The molecule has 1 unspecified atom stereocenters. The average molecular weight is 291 g/mol. The van der Waals surface area contributed by atoms with Gasteiger partial charge in [-0.3, -0.25) is 0 Å². The van der Waals surface area contributed by atoms with Gasteiger partial charge in [0.15, 0.2) is 0 Å². The zero-order valence-corrected chi connectivity index (χ0v) is 10.4. The van der Waals surface area contributed by atoms with Crippen LogP contribution in [0.15, 0.2) is 18.3 Å². The monoisotopic (exact) mass is 291 g/mol. The minimum Gasteiger partial charge on any atom is -0.477 e. The number of urea groups is 1. The number of aromatic carboxylic acids is 1.